The van der Waals surface area contributed by atoms with Gasteiger partial charge in [0, 0.05) is 38.0 Å². The van der Waals surface area contributed by atoms with E-state index in [0.717, 1.165) is 13.1 Å². The van der Waals surface area contributed by atoms with Crippen LogP contribution in [0, 0.1) is 0 Å². The summed E-state index contributed by atoms with van der Waals surface area (Å²) in [5.74, 6) is 0. The van der Waals surface area contributed by atoms with Gasteiger partial charge in [-0.25, -0.2) is 0 Å². The molecule has 0 bridgehead atoms. The first-order valence-corrected chi connectivity index (χ1v) is 2.12. The standard InChI is InChI=1S/C4H11N.B.Na/c1-3-5-4-2;;/h5H,3-4H2,1-2H3;;. The molecule has 0 aliphatic rings. The molecule has 0 amide bonds. The Hall–Kier alpha value is 1.02. The van der Waals surface area contributed by atoms with Gasteiger partial charge in [-0.2, -0.15) is 0 Å². The number of nitrogens with one attached hydrogen (secondary N) is 1. The Morgan fingerprint density at radius 3 is 1.43 bits per heavy atom. The van der Waals surface area contributed by atoms with Gasteiger partial charge >= 0.3 is 0 Å². The van der Waals surface area contributed by atoms with E-state index in [2.05, 4.69) is 19.2 Å². The molecule has 0 aliphatic heterocycles. The van der Waals surface area contributed by atoms with E-state index in [1.165, 1.54) is 0 Å². The van der Waals surface area contributed by atoms with Gasteiger partial charge in [-0.3, -0.25) is 0 Å². The summed E-state index contributed by atoms with van der Waals surface area (Å²) in [5.41, 5.74) is 0. The van der Waals surface area contributed by atoms with Crippen LogP contribution >= 0.6 is 0 Å². The van der Waals surface area contributed by atoms with Crippen molar-refractivity contribution in [1.29, 1.82) is 0 Å². The van der Waals surface area contributed by atoms with E-state index >= 15 is 0 Å². The predicted molar refractivity (Wildman–Crippen MR) is 35.7 cm³/mol. The van der Waals surface area contributed by atoms with Crippen molar-refractivity contribution in [2.24, 2.45) is 0 Å². The van der Waals surface area contributed by atoms with Crippen LogP contribution in [0.25, 0.3) is 0 Å². The van der Waals surface area contributed by atoms with Crippen LogP contribution in [0.2, 0.25) is 0 Å². The number of hydrogen-bond acceptors (Lipinski definition) is 1. The molecule has 0 aromatic heterocycles. The summed E-state index contributed by atoms with van der Waals surface area (Å²) >= 11 is 0. The van der Waals surface area contributed by atoms with Gasteiger partial charge in [0.05, 0.1) is 0 Å². The maximum atomic E-state index is 3.11. The van der Waals surface area contributed by atoms with Gasteiger partial charge in [0.25, 0.3) is 0 Å². The Kier molecular flexibility index (Phi) is 35.3. The normalized spacial score (nSPS) is 6.00. The molecule has 0 spiro atoms. The van der Waals surface area contributed by atoms with Crippen molar-refractivity contribution in [3.8, 4) is 0 Å². The fourth-order valence-electron chi connectivity index (χ4n) is 0.250. The molecular formula is C4H11BNNa. The molecule has 0 aliphatic carbocycles. The molecular weight excluding hydrogens is 95.9 g/mol. The first kappa shape index (κ1) is 15.7. The number of hydrogen-bond donors (Lipinski definition) is 1. The van der Waals surface area contributed by atoms with Crippen LogP contribution in [0.5, 0.6) is 0 Å². The Bertz CT molecular complexity index is 19.2. The summed E-state index contributed by atoms with van der Waals surface area (Å²) in [5, 5.41) is 3.11. The van der Waals surface area contributed by atoms with Crippen molar-refractivity contribution in [2.45, 2.75) is 13.8 Å². The summed E-state index contributed by atoms with van der Waals surface area (Å²) in [7, 11) is 0. The summed E-state index contributed by atoms with van der Waals surface area (Å²) < 4.78 is 0. The zero-order valence-electron chi connectivity index (χ0n) is 5.49. The van der Waals surface area contributed by atoms with Gasteiger partial charge in [0.2, 0.25) is 0 Å². The third-order valence-electron chi connectivity index (χ3n) is 0.500. The summed E-state index contributed by atoms with van der Waals surface area (Å²) in [6, 6.07) is 0. The third-order valence-corrected chi connectivity index (χ3v) is 0.500. The van der Waals surface area contributed by atoms with Gasteiger partial charge in [-0.15, -0.1) is 0 Å². The molecule has 0 unspecified atom stereocenters. The van der Waals surface area contributed by atoms with Crippen molar-refractivity contribution < 1.29 is 0 Å². The van der Waals surface area contributed by atoms with E-state index in [0.29, 0.717) is 0 Å². The zero-order chi connectivity index (χ0) is 4.12. The molecule has 0 aromatic carbocycles. The smallest absolute Gasteiger partial charge is 0 e. The average Bonchev–Trinajstić information content (AvgIpc) is 1.41. The van der Waals surface area contributed by atoms with Crippen LogP contribution in [0.15, 0.2) is 0 Å². The second-order valence-electron chi connectivity index (χ2n) is 0.957. The Labute approximate surface area is 70.1 Å². The van der Waals surface area contributed by atoms with Crippen LogP contribution in [0.4, 0.5) is 0 Å². The van der Waals surface area contributed by atoms with E-state index < -0.39 is 0 Å². The van der Waals surface area contributed by atoms with Crippen molar-refractivity contribution >= 4 is 38.0 Å². The number of rotatable bonds is 2. The predicted octanol–water partition coefficient (Wildman–Crippen LogP) is -0.146. The van der Waals surface area contributed by atoms with E-state index in [4.69, 9.17) is 0 Å². The first-order valence-electron chi connectivity index (χ1n) is 2.12. The molecule has 0 saturated heterocycles. The Morgan fingerprint density at radius 2 is 1.43 bits per heavy atom. The minimum Gasteiger partial charge on any atom is -0.317 e. The first-order chi connectivity index (χ1) is 2.41. The molecule has 3 heteroatoms. The van der Waals surface area contributed by atoms with Crippen molar-refractivity contribution in [2.75, 3.05) is 13.1 Å². The van der Waals surface area contributed by atoms with Crippen molar-refractivity contribution in [1.82, 2.24) is 5.32 Å². The molecule has 1 N–H and O–H groups in total. The van der Waals surface area contributed by atoms with Gasteiger partial charge in [-0.1, -0.05) is 13.8 Å². The topological polar surface area (TPSA) is 12.0 Å². The van der Waals surface area contributed by atoms with Crippen molar-refractivity contribution in [3.05, 3.63) is 0 Å². The van der Waals surface area contributed by atoms with E-state index in [9.17, 15) is 0 Å². The second kappa shape index (κ2) is 15.7. The minimum atomic E-state index is 0. The summed E-state index contributed by atoms with van der Waals surface area (Å²) in [6.07, 6.45) is 0. The molecule has 0 atom stereocenters. The van der Waals surface area contributed by atoms with Crippen LogP contribution in [0.3, 0.4) is 0 Å². The second-order valence-corrected chi connectivity index (χ2v) is 0.957. The maximum absolute atomic E-state index is 3.11. The van der Waals surface area contributed by atoms with Gasteiger partial charge < -0.3 is 5.32 Å². The van der Waals surface area contributed by atoms with E-state index in [1.807, 2.05) is 0 Å². The van der Waals surface area contributed by atoms with Gasteiger partial charge in [-0.05, 0) is 13.1 Å². The fraction of sp³-hybridized carbons (Fsp3) is 1.00. The van der Waals surface area contributed by atoms with Crippen LogP contribution in [0.1, 0.15) is 13.8 Å². The molecule has 1 nitrogen and oxygen atoms in total. The molecule has 0 saturated carbocycles. The third kappa shape index (κ3) is 19.4. The molecule has 0 aromatic rings. The quantitative estimate of drug-likeness (QED) is 0.484. The monoisotopic (exact) mass is 107 g/mol. The summed E-state index contributed by atoms with van der Waals surface area (Å²) in [6.45, 7) is 6.39. The van der Waals surface area contributed by atoms with E-state index in [-0.39, 0.29) is 38.0 Å². The maximum Gasteiger partial charge on any atom is 0 e. The Balaban J connectivity index is -0.0000000800. The molecule has 4 radical (unpaired) electrons. The fourth-order valence-corrected chi connectivity index (χ4v) is 0.250. The zero-order valence-corrected chi connectivity index (χ0v) is 7.49. The molecule has 7 heavy (non-hydrogen) atoms. The molecule has 36 valence electrons. The SMILES string of the molecule is CCNCC.[B].[Na]. The molecule has 0 rings (SSSR count). The largest absolute Gasteiger partial charge is 0.317 e. The average molecular weight is 107 g/mol. The van der Waals surface area contributed by atoms with Gasteiger partial charge in [0.15, 0.2) is 0 Å². The van der Waals surface area contributed by atoms with Crippen LogP contribution in [-0.4, -0.2) is 51.1 Å². The van der Waals surface area contributed by atoms with Crippen LogP contribution < -0.4 is 5.32 Å². The minimum absolute atomic E-state index is 0. The Morgan fingerprint density at radius 1 is 1.14 bits per heavy atom. The van der Waals surface area contributed by atoms with Crippen LogP contribution in [-0.2, 0) is 0 Å². The molecule has 0 heterocycles. The summed E-state index contributed by atoms with van der Waals surface area (Å²) in [4.78, 5) is 0. The van der Waals surface area contributed by atoms with Gasteiger partial charge in [0.1, 0.15) is 0 Å². The van der Waals surface area contributed by atoms with E-state index in [1.54, 1.807) is 0 Å². The molecule has 0 fully saturated rings. The van der Waals surface area contributed by atoms with Crippen molar-refractivity contribution in [3.63, 3.8) is 0 Å².